The Morgan fingerprint density at radius 2 is 2.06 bits per heavy atom. The van der Waals surface area contributed by atoms with Crippen LogP contribution in [-0.2, 0) is 10.0 Å². The van der Waals surface area contributed by atoms with Crippen molar-refractivity contribution < 1.29 is 18.3 Å². The fourth-order valence-corrected chi connectivity index (χ4v) is 2.34. The van der Waals surface area contributed by atoms with Gasteiger partial charge in [-0.05, 0) is 24.6 Å². The third kappa shape index (κ3) is 2.59. The van der Waals surface area contributed by atoms with Gasteiger partial charge in [-0.25, -0.2) is 17.9 Å². The van der Waals surface area contributed by atoms with Gasteiger partial charge in [-0.2, -0.15) is 0 Å². The average Bonchev–Trinajstić information content (AvgIpc) is 2.17. The highest BCUT2D eigenvalue weighted by Gasteiger charge is 2.16. The van der Waals surface area contributed by atoms with Crippen LogP contribution < -0.4 is 4.72 Å². The fraction of sp³-hybridized carbons (Fsp3) is 0.300. The number of carboxylic acids is 1. The smallest absolute Gasteiger partial charge is 0.335 e. The lowest BCUT2D eigenvalue weighted by Crippen LogP contribution is -2.23. The molecule has 6 heteroatoms. The molecule has 5 nitrogen and oxygen atoms in total. The minimum Gasteiger partial charge on any atom is -0.478 e. The lowest BCUT2D eigenvalue weighted by molar-refractivity contribution is 0.0696. The highest BCUT2D eigenvalue weighted by atomic mass is 32.2. The Balaban J connectivity index is 3.28. The molecule has 0 saturated heterocycles. The van der Waals surface area contributed by atoms with E-state index in [1.54, 1.807) is 13.8 Å². The summed E-state index contributed by atoms with van der Waals surface area (Å²) < 4.78 is 25.5. The summed E-state index contributed by atoms with van der Waals surface area (Å²) in [7, 11) is -3.60. The van der Waals surface area contributed by atoms with Gasteiger partial charge in [0.15, 0.2) is 0 Å². The zero-order valence-electron chi connectivity index (χ0n) is 9.02. The Bertz CT molecular complexity index is 508. The van der Waals surface area contributed by atoms with Crippen LogP contribution in [0, 0.1) is 6.92 Å². The van der Waals surface area contributed by atoms with Crippen molar-refractivity contribution in [2.75, 3.05) is 6.54 Å². The molecule has 16 heavy (non-hydrogen) atoms. The van der Waals surface area contributed by atoms with Crippen LogP contribution in [0.2, 0.25) is 0 Å². The quantitative estimate of drug-likeness (QED) is 0.826. The normalized spacial score (nSPS) is 11.4. The molecule has 0 bridgehead atoms. The van der Waals surface area contributed by atoms with Gasteiger partial charge in [-0.1, -0.05) is 13.0 Å². The van der Waals surface area contributed by atoms with Gasteiger partial charge in [-0.15, -0.1) is 0 Å². The van der Waals surface area contributed by atoms with Gasteiger partial charge in [0.2, 0.25) is 10.0 Å². The number of benzene rings is 1. The second-order valence-electron chi connectivity index (χ2n) is 3.28. The van der Waals surface area contributed by atoms with Crippen LogP contribution in [0.15, 0.2) is 23.1 Å². The first kappa shape index (κ1) is 12.7. The van der Waals surface area contributed by atoms with Crippen LogP contribution >= 0.6 is 0 Å². The largest absolute Gasteiger partial charge is 0.478 e. The first-order valence-corrected chi connectivity index (χ1v) is 6.20. The zero-order valence-corrected chi connectivity index (χ0v) is 9.84. The van der Waals surface area contributed by atoms with Crippen LogP contribution in [0.25, 0.3) is 0 Å². The molecule has 0 aliphatic rings. The minimum atomic E-state index is -3.60. The molecule has 88 valence electrons. The molecule has 1 aromatic carbocycles. The molecule has 0 saturated carbocycles. The van der Waals surface area contributed by atoms with E-state index in [-0.39, 0.29) is 17.0 Å². The Kier molecular flexibility index (Phi) is 3.66. The van der Waals surface area contributed by atoms with E-state index in [1.807, 2.05) is 0 Å². The summed E-state index contributed by atoms with van der Waals surface area (Å²) in [5.74, 6) is -1.13. The second kappa shape index (κ2) is 4.63. The molecule has 0 spiro atoms. The highest BCUT2D eigenvalue weighted by molar-refractivity contribution is 7.89. The van der Waals surface area contributed by atoms with Crippen molar-refractivity contribution in [1.29, 1.82) is 0 Å². The number of hydrogen-bond donors (Lipinski definition) is 2. The number of carboxylic acid groups (broad SMARTS) is 1. The van der Waals surface area contributed by atoms with E-state index in [9.17, 15) is 13.2 Å². The van der Waals surface area contributed by atoms with Crippen LogP contribution in [0.4, 0.5) is 0 Å². The summed E-state index contributed by atoms with van der Waals surface area (Å²) in [6, 6.07) is 4.03. The van der Waals surface area contributed by atoms with Crippen molar-refractivity contribution in [2.45, 2.75) is 18.7 Å². The van der Waals surface area contributed by atoms with Gasteiger partial charge >= 0.3 is 5.97 Å². The molecule has 0 heterocycles. The molecular formula is C10H13NO4S. The molecule has 0 atom stereocenters. The van der Waals surface area contributed by atoms with Gasteiger partial charge in [0, 0.05) is 6.54 Å². The van der Waals surface area contributed by atoms with Crippen molar-refractivity contribution in [3.63, 3.8) is 0 Å². The van der Waals surface area contributed by atoms with Crippen LogP contribution in [-0.4, -0.2) is 26.0 Å². The van der Waals surface area contributed by atoms with Crippen molar-refractivity contribution in [1.82, 2.24) is 4.72 Å². The van der Waals surface area contributed by atoms with Gasteiger partial charge in [-0.3, -0.25) is 0 Å². The minimum absolute atomic E-state index is 0.000946. The molecule has 0 aliphatic carbocycles. The predicted molar refractivity (Wildman–Crippen MR) is 59.0 cm³/mol. The summed E-state index contributed by atoms with van der Waals surface area (Å²) in [5.41, 5.74) is 0.530. The van der Waals surface area contributed by atoms with Crippen molar-refractivity contribution in [2.24, 2.45) is 0 Å². The number of aryl methyl sites for hydroxylation is 1. The third-order valence-corrected chi connectivity index (χ3v) is 3.63. The highest BCUT2D eigenvalue weighted by Crippen LogP contribution is 2.15. The second-order valence-corrected chi connectivity index (χ2v) is 5.05. The number of sulfonamides is 1. The van der Waals surface area contributed by atoms with Crippen molar-refractivity contribution >= 4 is 16.0 Å². The maximum atomic E-state index is 11.6. The SMILES string of the molecule is CCNS(=O)(=O)c1ccc(C)c(C(=O)O)c1. The topological polar surface area (TPSA) is 83.5 Å². The maximum Gasteiger partial charge on any atom is 0.335 e. The van der Waals surface area contributed by atoms with Crippen molar-refractivity contribution in [3.05, 3.63) is 29.3 Å². The number of nitrogens with one attached hydrogen (secondary N) is 1. The summed E-state index contributed by atoms with van der Waals surface area (Å²) >= 11 is 0. The Morgan fingerprint density at radius 1 is 1.44 bits per heavy atom. The first-order chi connectivity index (χ1) is 7.38. The molecule has 0 fully saturated rings. The van der Waals surface area contributed by atoms with E-state index in [1.165, 1.54) is 12.1 Å². The maximum absolute atomic E-state index is 11.6. The van der Waals surface area contributed by atoms with Crippen LogP contribution in [0.5, 0.6) is 0 Å². The van der Waals surface area contributed by atoms with Gasteiger partial charge in [0.1, 0.15) is 0 Å². The molecule has 0 aromatic heterocycles. The van der Waals surface area contributed by atoms with Crippen molar-refractivity contribution in [3.8, 4) is 0 Å². The first-order valence-electron chi connectivity index (χ1n) is 4.72. The summed E-state index contributed by atoms with van der Waals surface area (Å²) in [5, 5.41) is 8.87. The molecule has 0 radical (unpaired) electrons. The Hall–Kier alpha value is -1.40. The van der Waals surface area contributed by atoms with E-state index in [0.29, 0.717) is 5.56 Å². The average molecular weight is 243 g/mol. The summed E-state index contributed by atoms with van der Waals surface area (Å²) in [6.45, 7) is 3.54. The molecule has 1 aromatic rings. The lowest BCUT2D eigenvalue weighted by Gasteiger charge is -2.07. The van der Waals surface area contributed by atoms with E-state index in [0.717, 1.165) is 6.07 Å². The monoisotopic (exact) mass is 243 g/mol. The molecule has 0 aliphatic heterocycles. The van der Waals surface area contributed by atoms with E-state index < -0.39 is 16.0 Å². The van der Waals surface area contributed by atoms with Gasteiger partial charge in [0.25, 0.3) is 0 Å². The molecule has 0 amide bonds. The Morgan fingerprint density at radius 3 is 2.56 bits per heavy atom. The number of carbonyl (C=O) groups is 1. The number of hydrogen-bond acceptors (Lipinski definition) is 3. The van der Waals surface area contributed by atoms with Gasteiger partial charge < -0.3 is 5.11 Å². The van der Waals surface area contributed by atoms with Crippen LogP contribution in [0.1, 0.15) is 22.8 Å². The predicted octanol–water partition coefficient (Wildman–Crippen LogP) is 0.991. The Labute approximate surface area is 94.2 Å². The molecular weight excluding hydrogens is 230 g/mol. The molecule has 1 rings (SSSR count). The standard InChI is InChI=1S/C10H13NO4S/c1-3-11-16(14,15)8-5-4-7(2)9(6-8)10(12)13/h4-6,11H,3H2,1-2H3,(H,12,13). The van der Waals surface area contributed by atoms with E-state index >= 15 is 0 Å². The number of rotatable bonds is 4. The third-order valence-electron chi connectivity index (χ3n) is 2.08. The number of aromatic carboxylic acids is 1. The van der Waals surface area contributed by atoms with E-state index in [2.05, 4.69) is 4.72 Å². The summed E-state index contributed by atoms with van der Waals surface area (Å²) in [6.07, 6.45) is 0. The van der Waals surface area contributed by atoms with Crippen LogP contribution in [0.3, 0.4) is 0 Å². The fourth-order valence-electron chi connectivity index (χ4n) is 1.27. The molecule has 0 unspecified atom stereocenters. The van der Waals surface area contributed by atoms with Gasteiger partial charge in [0.05, 0.1) is 10.5 Å². The zero-order chi connectivity index (χ0) is 12.3. The van der Waals surface area contributed by atoms with E-state index in [4.69, 9.17) is 5.11 Å². The summed E-state index contributed by atoms with van der Waals surface area (Å²) in [4.78, 5) is 10.8. The lowest BCUT2D eigenvalue weighted by atomic mass is 10.1. The molecule has 2 N–H and O–H groups in total.